The molecule has 148 valence electrons. The van der Waals surface area contributed by atoms with E-state index in [0.717, 1.165) is 53.8 Å². The normalized spacial score (nSPS) is 21.3. The summed E-state index contributed by atoms with van der Waals surface area (Å²) < 4.78 is 5.86. The molecule has 27 heavy (non-hydrogen) atoms. The van der Waals surface area contributed by atoms with Crippen molar-refractivity contribution in [3.8, 4) is 0 Å². The quantitative estimate of drug-likeness (QED) is 0.735. The highest BCUT2D eigenvalue weighted by molar-refractivity contribution is 9.11. The SMILES string of the molecule is CC[C@H](C)[C@H](NC(=O)OC)C(=O)N1CCC[C@H]1c1nc2c([nH]1)CCC(Br)=C2. The number of alkyl carbamates (subject to hydrolysis) is 1. The number of ether oxygens (including phenoxy) is 1. The zero-order chi connectivity index (χ0) is 19.6. The van der Waals surface area contributed by atoms with Crippen LogP contribution >= 0.6 is 15.9 Å². The van der Waals surface area contributed by atoms with Crippen LogP contribution < -0.4 is 5.32 Å². The Labute approximate surface area is 168 Å². The molecular weight excluding hydrogens is 412 g/mol. The lowest BCUT2D eigenvalue weighted by Gasteiger charge is -2.30. The number of carbonyl (C=O) groups excluding carboxylic acids is 2. The smallest absolute Gasteiger partial charge is 0.407 e. The molecule has 1 aliphatic heterocycles. The summed E-state index contributed by atoms with van der Waals surface area (Å²) in [5.74, 6) is 0.787. The van der Waals surface area contributed by atoms with E-state index < -0.39 is 12.1 Å². The number of rotatable bonds is 5. The zero-order valence-electron chi connectivity index (χ0n) is 16.0. The zero-order valence-corrected chi connectivity index (χ0v) is 17.6. The number of aryl methyl sites for hydroxylation is 1. The first-order valence-corrected chi connectivity index (χ1v) is 10.3. The highest BCUT2D eigenvalue weighted by atomic mass is 79.9. The molecule has 1 aromatic heterocycles. The van der Waals surface area contributed by atoms with Crippen LogP contribution in [0.5, 0.6) is 0 Å². The second-order valence-corrected chi connectivity index (χ2v) is 8.28. The van der Waals surface area contributed by atoms with E-state index in [9.17, 15) is 9.59 Å². The fourth-order valence-electron chi connectivity index (χ4n) is 3.74. The molecule has 2 amide bonds. The predicted molar refractivity (Wildman–Crippen MR) is 106 cm³/mol. The molecule has 1 aromatic rings. The van der Waals surface area contributed by atoms with E-state index in [1.807, 2.05) is 24.8 Å². The number of H-pyrrole nitrogens is 1. The van der Waals surface area contributed by atoms with Gasteiger partial charge >= 0.3 is 6.09 Å². The standard InChI is InChI=1S/C19H27BrN4O3/c1-4-11(2)16(23-19(26)27-3)18(25)24-9-5-6-15(24)17-21-13-8-7-12(20)10-14(13)22-17/h10-11,15-16H,4-9H2,1-3H3,(H,21,22)(H,23,26)/t11-,15-,16-/m0/s1. The van der Waals surface area contributed by atoms with Crippen molar-refractivity contribution < 1.29 is 14.3 Å². The molecule has 3 rings (SSSR count). The molecule has 1 fully saturated rings. The van der Waals surface area contributed by atoms with E-state index in [4.69, 9.17) is 9.72 Å². The molecule has 0 aromatic carbocycles. The monoisotopic (exact) mass is 438 g/mol. The summed E-state index contributed by atoms with van der Waals surface area (Å²) >= 11 is 3.55. The van der Waals surface area contributed by atoms with Crippen molar-refractivity contribution in [3.63, 3.8) is 0 Å². The minimum absolute atomic E-state index is 0.0153. The van der Waals surface area contributed by atoms with Crippen LogP contribution in [0.3, 0.4) is 0 Å². The first kappa shape index (κ1) is 19.9. The van der Waals surface area contributed by atoms with Crippen LogP contribution in [0.1, 0.15) is 62.8 Å². The Morgan fingerprint density at radius 3 is 2.96 bits per heavy atom. The molecule has 2 aliphatic rings. The van der Waals surface area contributed by atoms with Gasteiger partial charge in [0.1, 0.15) is 11.9 Å². The summed E-state index contributed by atoms with van der Waals surface area (Å²) in [6.07, 6.45) is 5.92. The summed E-state index contributed by atoms with van der Waals surface area (Å²) in [5, 5.41) is 2.72. The van der Waals surface area contributed by atoms with Crippen molar-refractivity contribution in [1.82, 2.24) is 20.2 Å². The van der Waals surface area contributed by atoms with Crippen molar-refractivity contribution in [2.45, 2.75) is 58.0 Å². The fourth-order valence-corrected chi connectivity index (χ4v) is 4.15. The molecular formula is C19H27BrN4O3. The largest absolute Gasteiger partial charge is 0.453 e. The number of imidazole rings is 1. The van der Waals surface area contributed by atoms with Crippen molar-refractivity contribution in [3.05, 3.63) is 21.7 Å². The number of hydrogen-bond donors (Lipinski definition) is 2. The maximum absolute atomic E-state index is 13.3. The molecule has 0 unspecified atom stereocenters. The van der Waals surface area contributed by atoms with E-state index in [-0.39, 0.29) is 17.9 Å². The fraction of sp³-hybridized carbons (Fsp3) is 0.632. The van der Waals surface area contributed by atoms with E-state index in [1.165, 1.54) is 7.11 Å². The summed E-state index contributed by atoms with van der Waals surface area (Å²) in [7, 11) is 1.31. The molecule has 0 spiro atoms. The highest BCUT2D eigenvalue weighted by Gasteiger charge is 2.38. The Bertz CT molecular complexity index is 745. The van der Waals surface area contributed by atoms with Crippen molar-refractivity contribution in [2.75, 3.05) is 13.7 Å². The van der Waals surface area contributed by atoms with Gasteiger partial charge in [-0.3, -0.25) is 4.79 Å². The average Bonchev–Trinajstić information content (AvgIpc) is 3.30. The summed E-state index contributed by atoms with van der Waals surface area (Å²) in [6, 6.07) is -0.678. The number of fused-ring (bicyclic) bond motifs is 1. The lowest BCUT2D eigenvalue weighted by molar-refractivity contribution is -0.135. The van der Waals surface area contributed by atoms with Crippen LogP contribution in [0, 0.1) is 5.92 Å². The number of aromatic amines is 1. The molecule has 1 aliphatic carbocycles. The number of methoxy groups -OCH3 is 1. The van der Waals surface area contributed by atoms with Crippen molar-refractivity contribution in [2.24, 2.45) is 5.92 Å². The first-order chi connectivity index (χ1) is 12.9. The maximum Gasteiger partial charge on any atom is 0.407 e. The third-order valence-corrected chi connectivity index (χ3v) is 6.15. The molecule has 3 atom stereocenters. The van der Waals surface area contributed by atoms with E-state index in [0.29, 0.717) is 6.54 Å². The number of halogens is 1. The van der Waals surface area contributed by atoms with Crippen molar-refractivity contribution >= 4 is 34.0 Å². The van der Waals surface area contributed by atoms with E-state index in [2.05, 4.69) is 26.2 Å². The molecule has 0 bridgehead atoms. The Morgan fingerprint density at radius 2 is 2.26 bits per heavy atom. The number of aromatic nitrogens is 2. The van der Waals surface area contributed by atoms with Crippen LogP contribution in [0.2, 0.25) is 0 Å². The van der Waals surface area contributed by atoms with Crippen LogP contribution in [-0.2, 0) is 16.0 Å². The lowest BCUT2D eigenvalue weighted by atomic mass is 9.97. The van der Waals surface area contributed by atoms with Gasteiger partial charge in [-0.25, -0.2) is 9.78 Å². The Hall–Kier alpha value is -1.83. The Kier molecular flexibility index (Phi) is 6.24. The van der Waals surface area contributed by atoms with Gasteiger partial charge in [0.15, 0.2) is 0 Å². The summed E-state index contributed by atoms with van der Waals surface area (Å²) in [4.78, 5) is 35.1. The minimum atomic E-state index is -0.596. The third kappa shape index (κ3) is 4.20. The number of amides is 2. The van der Waals surface area contributed by atoms with Gasteiger partial charge in [-0.05, 0) is 42.2 Å². The van der Waals surface area contributed by atoms with Crippen LogP contribution in [-0.4, -0.2) is 46.6 Å². The molecule has 8 heteroatoms. The second-order valence-electron chi connectivity index (χ2n) is 7.27. The maximum atomic E-state index is 13.3. The number of carbonyl (C=O) groups is 2. The summed E-state index contributed by atoms with van der Waals surface area (Å²) in [5.41, 5.74) is 2.08. The molecule has 1 saturated heterocycles. The Balaban J connectivity index is 1.82. The molecule has 7 nitrogen and oxygen atoms in total. The van der Waals surface area contributed by atoms with Gasteiger partial charge in [-0.15, -0.1) is 0 Å². The minimum Gasteiger partial charge on any atom is -0.453 e. The second kappa shape index (κ2) is 8.46. The summed E-state index contributed by atoms with van der Waals surface area (Å²) in [6.45, 7) is 4.65. The number of allylic oxidation sites excluding steroid dienone is 1. The van der Waals surface area contributed by atoms with Crippen LogP contribution in [0.25, 0.3) is 6.08 Å². The number of likely N-dealkylation sites (tertiary alicyclic amines) is 1. The molecule has 2 heterocycles. The number of nitrogens with zero attached hydrogens (tertiary/aromatic N) is 2. The topological polar surface area (TPSA) is 87.3 Å². The van der Waals surface area contributed by atoms with Crippen LogP contribution in [0.4, 0.5) is 4.79 Å². The lowest BCUT2D eigenvalue weighted by Crippen LogP contribution is -2.51. The van der Waals surface area contributed by atoms with Crippen LogP contribution in [0.15, 0.2) is 4.48 Å². The number of nitrogens with one attached hydrogen (secondary N) is 2. The molecule has 0 radical (unpaired) electrons. The van der Waals surface area contributed by atoms with Gasteiger partial charge in [0.05, 0.1) is 18.8 Å². The van der Waals surface area contributed by atoms with Gasteiger partial charge in [-0.1, -0.05) is 36.2 Å². The molecule has 2 N–H and O–H groups in total. The van der Waals surface area contributed by atoms with Gasteiger partial charge in [0, 0.05) is 12.2 Å². The number of hydrogen-bond acceptors (Lipinski definition) is 4. The van der Waals surface area contributed by atoms with Gasteiger partial charge in [0.2, 0.25) is 5.91 Å². The molecule has 0 saturated carbocycles. The Morgan fingerprint density at radius 1 is 1.48 bits per heavy atom. The van der Waals surface area contributed by atoms with Gasteiger partial charge < -0.3 is 19.9 Å². The van der Waals surface area contributed by atoms with E-state index >= 15 is 0 Å². The van der Waals surface area contributed by atoms with Gasteiger partial charge in [0.25, 0.3) is 0 Å². The third-order valence-electron chi connectivity index (χ3n) is 5.53. The average molecular weight is 439 g/mol. The predicted octanol–water partition coefficient (Wildman–Crippen LogP) is 3.53. The van der Waals surface area contributed by atoms with E-state index in [1.54, 1.807) is 0 Å². The van der Waals surface area contributed by atoms with Crippen molar-refractivity contribution in [1.29, 1.82) is 0 Å². The highest BCUT2D eigenvalue weighted by Crippen LogP contribution is 2.34. The first-order valence-electron chi connectivity index (χ1n) is 9.54. The van der Waals surface area contributed by atoms with Gasteiger partial charge in [-0.2, -0.15) is 0 Å².